The van der Waals surface area contributed by atoms with Crippen LogP contribution >= 0.6 is 0 Å². The van der Waals surface area contributed by atoms with E-state index in [0.717, 1.165) is 42.0 Å². The molecule has 1 heterocycles. The number of aromatic nitrogens is 2. The van der Waals surface area contributed by atoms with Crippen LogP contribution in [-0.4, -0.2) is 29.7 Å². The minimum atomic E-state index is 0.448. The van der Waals surface area contributed by atoms with Crippen LogP contribution in [0.1, 0.15) is 38.7 Å². The van der Waals surface area contributed by atoms with Crippen LogP contribution in [0, 0.1) is 0 Å². The van der Waals surface area contributed by atoms with Crippen molar-refractivity contribution in [2.75, 3.05) is 24.6 Å². The van der Waals surface area contributed by atoms with Gasteiger partial charge in [-0.3, -0.25) is 0 Å². The van der Waals surface area contributed by atoms with Crippen LogP contribution in [0.25, 0.3) is 10.9 Å². The van der Waals surface area contributed by atoms with Gasteiger partial charge in [-0.15, -0.1) is 0 Å². The van der Waals surface area contributed by atoms with E-state index in [0.29, 0.717) is 12.5 Å². The summed E-state index contributed by atoms with van der Waals surface area (Å²) >= 11 is 0. The van der Waals surface area contributed by atoms with Gasteiger partial charge in [0.25, 0.3) is 0 Å². The van der Waals surface area contributed by atoms with E-state index < -0.39 is 0 Å². The Morgan fingerprint density at radius 3 is 2.54 bits per heavy atom. The summed E-state index contributed by atoms with van der Waals surface area (Å²) in [6, 6.07) is 16.5. The van der Waals surface area contributed by atoms with Gasteiger partial charge in [-0.2, -0.15) is 0 Å². The van der Waals surface area contributed by atoms with E-state index in [1.807, 2.05) is 24.3 Å². The van der Waals surface area contributed by atoms with Gasteiger partial charge in [0.05, 0.1) is 12.1 Å². The number of hydrogen-bond acceptors (Lipinski definition) is 4. The molecule has 26 heavy (non-hydrogen) atoms. The Balaban J connectivity index is 1.75. The number of benzene rings is 2. The SMILES string of the molecule is CCCN(CCOc1ccccc1C(C)C)c1ncnc2ccccc12. The minimum Gasteiger partial charge on any atom is -0.491 e. The van der Waals surface area contributed by atoms with Gasteiger partial charge in [0, 0.05) is 11.9 Å². The van der Waals surface area contributed by atoms with Crippen LogP contribution < -0.4 is 9.64 Å². The summed E-state index contributed by atoms with van der Waals surface area (Å²) in [5, 5.41) is 1.09. The maximum Gasteiger partial charge on any atom is 0.139 e. The third-order valence-corrected chi connectivity index (χ3v) is 4.47. The van der Waals surface area contributed by atoms with Gasteiger partial charge in [0.1, 0.15) is 24.5 Å². The van der Waals surface area contributed by atoms with Crippen molar-refractivity contribution in [3.05, 3.63) is 60.4 Å². The Kier molecular flexibility index (Phi) is 6.05. The lowest BCUT2D eigenvalue weighted by Gasteiger charge is -2.24. The molecule has 0 N–H and O–H groups in total. The average Bonchev–Trinajstić information content (AvgIpc) is 2.67. The molecule has 0 spiro atoms. The number of anilines is 1. The molecule has 0 fully saturated rings. The van der Waals surface area contributed by atoms with E-state index in [4.69, 9.17) is 4.74 Å². The van der Waals surface area contributed by atoms with Crippen LogP contribution in [-0.2, 0) is 0 Å². The van der Waals surface area contributed by atoms with Crippen LogP contribution in [0.3, 0.4) is 0 Å². The lowest BCUT2D eigenvalue weighted by molar-refractivity contribution is 0.319. The summed E-state index contributed by atoms with van der Waals surface area (Å²) < 4.78 is 6.12. The molecule has 0 unspecified atom stereocenters. The fourth-order valence-electron chi connectivity index (χ4n) is 3.19. The number of nitrogens with zero attached hydrogens (tertiary/aromatic N) is 3. The zero-order valence-electron chi connectivity index (χ0n) is 15.9. The molecular weight excluding hydrogens is 322 g/mol. The van der Waals surface area contributed by atoms with E-state index in [-0.39, 0.29) is 0 Å². The number of ether oxygens (including phenoxy) is 1. The normalized spacial score (nSPS) is 11.1. The first-order valence-corrected chi connectivity index (χ1v) is 9.37. The average molecular weight is 349 g/mol. The van der Waals surface area contributed by atoms with Crippen molar-refractivity contribution < 1.29 is 4.74 Å². The Labute approximate surface area is 155 Å². The number of fused-ring (bicyclic) bond motifs is 1. The molecule has 0 amide bonds. The molecule has 0 saturated heterocycles. The molecule has 0 atom stereocenters. The minimum absolute atomic E-state index is 0.448. The predicted octanol–water partition coefficient (Wildman–Crippen LogP) is 5.05. The van der Waals surface area contributed by atoms with E-state index in [1.165, 1.54) is 5.56 Å². The standard InChI is InChI=1S/C22H27N3O/c1-4-13-25(22-19-10-5-7-11-20(19)23-16-24-22)14-15-26-21-12-8-6-9-18(21)17(2)3/h5-12,16-17H,4,13-15H2,1-3H3. The van der Waals surface area contributed by atoms with E-state index in [1.54, 1.807) is 6.33 Å². The Morgan fingerprint density at radius 1 is 0.962 bits per heavy atom. The van der Waals surface area contributed by atoms with Gasteiger partial charge in [-0.25, -0.2) is 9.97 Å². The Hall–Kier alpha value is -2.62. The van der Waals surface area contributed by atoms with Crippen molar-refractivity contribution in [1.29, 1.82) is 0 Å². The molecule has 0 aliphatic rings. The predicted molar refractivity (Wildman–Crippen MR) is 108 cm³/mol. The van der Waals surface area contributed by atoms with Crippen molar-refractivity contribution >= 4 is 16.7 Å². The molecule has 3 aromatic rings. The lowest BCUT2D eigenvalue weighted by Crippen LogP contribution is -2.30. The second kappa shape index (κ2) is 8.65. The zero-order valence-corrected chi connectivity index (χ0v) is 15.9. The molecule has 3 rings (SSSR count). The topological polar surface area (TPSA) is 38.2 Å². The van der Waals surface area contributed by atoms with Gasteiger partial charge in [0.2, 0.25) is 0 Å². The second-order valence-electron chi connectivity index (χ2n) is 6.74. The monoisotopic (exact) mass is 349 g/mol. The number of para-hydroxylation sites is 2. The van der Waals surface area contributed by atoms with Crippen molar-refractivity contribution in [3.8, 4) is 5.75 Å². The molecule has 0 aliphatic carbocycles. The molecular formula is C22H27N3O. The van der Waals surface area contributed by atoms with Crippen LogP contribution in [0.4, 0.5) is 5.82 Å². The summed E-state index contributed by atoms with van der Waals surface area (Å²) in [7, 11) is 0. The molecule has 0 aliphatic heterocycles. The highest BCUT2D eigenvalue weighted by atomic mass is 16.5. The lowest BCUT2D eigenvalue weighted by atomic mass is 10.0. The molecule has 4 nitrogen and oxygen atoms in total. The highest BCUT2D eigenvalue weighted by Gasteiger charge is 2.13. The molecule has 4 heteroatoms. The smallest absolute Gasteiger partial charge is 0.139 e. The summed E-state index contributed by atoms with van der Waals surface area (Å²) in [5.41, 5.74) is 2.23. The highest BCUT2D eigenvalue weighted by molar-refractivity contribution is 5.89. The van der Waals surface area contributed by atoms with Crippen LogP contribution in [0.2, 0.25) is 0 Å². The van der Waals surface area contributed by atoms with Gasteiger partial charge in [0.15, 0.2) is 0 Å². The largest absolute Gasteiger partial charge is 0.491 e. The molecule has 0 bridgehead atoms. The summed E-state index contributed by atoms with van der Waals surface area (Å²) in [6.07, 6.45) is 2.70. The molecule has 136 valence electrons. The van der Waals surface area contributed by atoms with Crippen molar-refractivity contribution in [2.24, 2.45) is 0 Å². The van der Waals surface area contributed by atoms with Gasteiger partial charge in [-0.05, 0) is 36.1 Å². The summed E-state index contributed by atoms with van der Waals surface area (Å²) in [5.74, 6) is 2.41. The Bertz CT molecular complexity index is 842. The zero-order chi connectivity index (χ0) is 18.4. The van der Waals surface area contributed by atoms with Crippen molar-refractivity contribution in [1.82, 2.24) is 9.97 Å². The first-order valence-electron chi connectivity index (χ1n) is 9.37. The van der Waals surface area contributed by atoms with Crippen LogP contribution in [0.5, 0.6) is 5.75 Å². The number of hydrogen-bond donors (Lipinski definition) is 0. The maximum atomic E-state index is 6.12. The van der Waals surface area contributed by atoms with Crippen LogP contribution in [0.15, 0.2) is 54.9 Å². The van der Waals surface area contributed by atoms with Crippen molar-refractivity contribution in [2.45, 2.75) is 33.1 Å². The Morgan fingerprint density at radius 2 is 1.73 bits per heavy atom. The van der Waals surface area contributed by atoms with Gasteiger partial charge in [-0.1, -0.05) is 51.1 Å². The third-order valence-electron chi connectivity index (χ3n) is 4.47. The second-order valence-corrected chi connectivity index (χ2v) is 6.74. The van der Waals surface area contributed by atoms with E-state index in [9.17, 15) is 0 Å². The molecule has 0 radical (unpaired) electrons. The molecule has 1 aromatic heterocycles. The van der Waals surface area contributed by atoms with Gasteiger partial charge >= 0.3 is 0 Å². The highest BCUT2D eigenvalue weighted by Crippen LogP contribution is 2.26. The first kappa shape index (κ1) is 18.2. The van der Waals surface area contributed by atoms with E-state index >= 15 is 0 Å². The van der Waals surface area contributed by atoms with Gasteiger partial charge < -0.3 is 9.64 Å². The quantitative estimate of drug-likeness (QED) is 0.570. The fraction of sp³-hybridized carbons (Fsp3) is 0.364. The molecule has 0 saturated carbocycles. The summed E-state index contributed by atoms with van der Waals surface area (Å²) in [4.78, 5) is 11.2. The van der Waals surface area contributed by atoms with E-state index in [2.05, 4.69) is 59.9 Å². The maximum absolute atomic E-state index is 6.12. The third kappa shape index (κ3) is 4.13. The number of rotatable bonds is 8. The van der Waals surface area contributed by atoms with Crippen molar-refractivity contribution in [3.63, 3.8) is 0 Å². The summed E-state index contributed by atoms with van der Waals surface area (Å²) in [6.45, 7) is 8.93. The molecule has 2 aromatic carbocycles. The first-order chi connectivity index (χ1) is 12.7. The fourth-order valence-corrected chi connectivity index (χ4v) is 3.19.